The minimum atomic E-state index is -0.446. The average molecular weight is 499 g/mol. The predicted molar refractivity (Wildman–Crippen MR) is 136 cm³/mol. The molecule has 1 amide bonds. The van der Waals surface area contributed by atoms with E-state index in [1.165, 1.54) is 12.1 Å². The van der Waals surface area contributed by atoms with E-state index >= 15 is 0 Å². The Bertz CT molecular complexity index is 1120. The molecule has 0 radical (unpaired) electrons. The van der Waals surface area contributed by atoms with Gasteiger partial charge < -0.3 is 19.9 Å². The second-order valence-electron chi connectivity index (χ2n) is 9.32. The molecule has 1 saturated carbocycles. The van der Waals surface area contributed by atoms with E-state index in [1.807, 2.05) is 39.8 Å². The first-order valence-corrected chi connectivity index (χ1v) is 12.2. The van der Waals surface area contributed by atoms with Crippen LogP contribution in [0.25, 0.3) is 11.3 Å². The van der Waals surface area contributed by atoms with Gasteiger partial charge in [0.2, 0.25) is 0 Å². The Kier molecular flexibility index (Phi) is 8.21. The first kappa shape index (κ1) is 25.4. The van der Waals surface area contributed by atoms with Crippen molar-refractivity contribution in [2.24, 2.45) is 0 Å². The molecule has 5 rings (SSSR count). The van der Waals surface area contributed by atoms with Gasteiger partial charge in [0.15, 0.2) is 5.69 Å². The number of hydrogen-bond acceptors (Lipinski definition) is 4. The lowest BCUT2D eigenvalue weighted by Crippen LogP contribution is -2.54. The molecule has 2 N–H and O–H groups in total. The second kappa shape index (κ2) is 11.3. The molecular weight excluding hydrogens is 467 g/mol. The number of nitrogens with one attached hydrogen (secondary N) is 1. The molecule has 3 aromatic rings. The highest BCUT2D eigenvalue weighted by Gasteiger charge is 2.34. The first-order valence-electron chi connectivity index (χ1n) is 12.2. The van der Waals surface area contributed by atoms with Gasteiger partial charge in [-0.1, -0.05) is 55.3 Å². The molecule has 0 unspecified atom stereocenters. The summed E-state index contributed by atoms with van der Waals surface area (Å²) in [7, 11) is 0. The van der Waals surface area contributed by atoms with Crippen LogP contribution >= 0.6 is 12.4 Å². The summed E-state index contributed by atoms with van der Waals surface area (Å²) >= 11 is 0. The number of amides is 1. The summed E-state index contributed by atoms with van der Waals surface area (Å²) < 4.78 is 15.4. The molecule has 6 nitrogen and oxygen atoms in total. The molecule has 2 fully saturated rings. The number of imidazole rings is 1. The Morgan fingerprint density at radius 3 is 2.57 bits per heavy atom. The maximum atomic E-state index is 13.9. The van der Waals surface area contributed by atoms with Crippen LogP contribution < -0.4 is 5.32 Å². The van der Waals surface area contributed by atoms with Crippen molar-refractivity contribution in [3.8, 4) is 11.3 Å². The molecule has 2 heterocycles. The van der Waals surface area contributed by atoms with E-state index in [4.69, 9.17) is 0 Å². The Hall–Kier alpha value is -2.74. The number of aliphatic hydroxyl groups is 1. The number of piperazine rings is 1. The van der Waals surface area contributed by atoms with Crippen LogP contribution in [-0.4, -0.2) is 57.2 Å². The Morgan fingerprint density at radius 1 is 1.09 bits per heavy atom. The monoisotopic (exact) mass is 498 g/mol. The van der Waals surface area contributed by atoms with Crippen LogP contribution in [0.5, 0.6) is 0 Å². The standard InChI is InChI=1S/C27H31FN4O2.ClH/c28-21-12-10-19(11-13-21)16-22-17-29-14-15-31(22)27(34)25-26(20-6-2-1-3-7-20)32(18-30-25)23-8-4-5-9-24(23)33;/h1-3,6-7,10-13,18,22-24,29,33H,4-5,8-9,14-17H2;1H/t22-,23+,24-;/m1./s1. The third-order valence-corrected chi connectivity index (χ3v) is 7.09. The minimum Gasteiger partial charge on any atom is -0.391 e. The molecule has 1 aromatic heterocycles. The molecule has 2 aliphatic rings. The van der Waals surface area contributed by atoms with E-state index in [9.17, 15) is 14.3 Å². The van der Waals surface area contributed by atoms with Crippen LogP contribution in [0, 0.1) is 5.82 Å². The van der Waals surface area contributed by atoms with Gasteiger partial charge in [-0.25, -0.2) is 9.37 Å². The molecule has 35 heavy (non-hydrogen) atoms. The smallest absolute Gasteiger partial charge is 0.275 e. The van der Waals surface area contributed by atoms with Crippen molar-refractivity contribution in [3.63, 3.8) is 0 Å². The number of aliphatic hydroxyl groups excluding tert-OH is 1. The van der Waals surface area contributed by atoms with E-state index in [0.29, 0.717) is 31.7 Å². The van der Waals surface area contributed by atoms with Gasteiger partial charge in [-0.3, -0.25) is 4.79 Å². The van der Waals surface area contributed by atoms with E-state index in [2.05, 4.69) is 10.3 Å². The number of benzene rings is 2. The lowest BCUT2D eigenvalue weighted by molar-refractivity contribution is 0.0629. The number of rotatable bonds is 5. The van der Waals surface area contributed by atoms with E-state index < -0.39 is 6.10 Å². The fourth-order valence-electron chi connectivity index (χ4n) is 5.31. The predicted octanol–water partition coefficient (Wildman–Crippen LogP) is 4.24. The van der Waals surface area contributed by atoms with Crippen molar-refractivity contribution in [2.45, 2.75) is 50.3 Å². The van der Waals surface area contributed by atoms with E-state index in [1.54, 1.807) is 18.5 Å². The number of nitrogens with zero attached hydrogens (tertiary/aromatic N) is 3. The summed E-state index contributed by atoms with van der Waals surface area (Å²) in [5.74, 6) is -0.363. The van der Waals surface area contributed by atoms with Gasteiger partial charge in [0.1, 0.15) is 5.82 Å². The van der Waals surface area contributed by atoms with Gasteiger partial charge in [-0.2, -0.15) is 0 Å². The number of hydrogen-bond donors (Lipinski definition) is 2. The van der Waals surface area contributed by atoms with Gasteiger partial charge >= 0.3 is 0 Å². The zero-order valence-electron chi connectivity index (χ0n) is 19.6. The van der Waals surface area contributed by atoms with Gasteiger partial charge in [-0.05, 0) is 37.0 Å². The molecule has 1 saturated heterocycles. The van der Waals surface area contributed by atoms with Crippen molar-refractivity contribution in [1.82, 2.24) is 19.8 Å². The van der Waals surface area contributed by atoms with Crippen LogP contribution in [0.3, 0.4) is 0 Å². The van der Waals surface area contributed by atoms with Gasteiger partial charge in [0.25, 0.3) is 5.91 Å². The molecule has 2 aromatic carbocycles. The second-order valence-corrected chi connectivity index (χ2v) is 9.32. The van der Waals surface area contributed by atoms with Crippen LogP contribution in [0.4, 0.5) is 4.39 Å². The first-order chi connectivity index (χ1) is 16.6. The van der Waals surface area contributed by atoms with Crippen LogP contribution in [0.15, 0.2) is 60.9 Å². The number of carbonyl (C=O) groups excluding carboxylic acids is 1. The lowest BCUT2D eigenvalue weighted by atomic mass is 9.92. The SMILES string of the molecule is Cl.O=C(c1ncn([C@H]2CCCC[C@H]2O)c1-c1ccccc1)N1CCNC[C@H]1Cc1ccc(F)cc1. The summed E-state index contributed by atoms with van der Waals surface area (Å²) in [4.78, 5) is 20.4. The quantitative estimate of drug-likeness (QED) is 0.552. The maximum Gasteiger partial charge on any atom is 0.275 e. The van der Waals surface area contributed by atoms with Crippen LogP contribution in [-0.2, 0) is 6.42 Å². The van der Waals surface area contributed by atoms with Crippen molar-refractivity contribution in [2.75, 3.05) is 19.6 Å². The number of halogens is 2. The molecule has 0 spiro atoms. The van der Waals surface area contributed by atoms with Gasteiger partial charge in [-0.15, -0.1) is 12.4 Å². The van der Waals surface area contributed by atoms with Crippen LogP contribution in [0.2, 0.25) is 0 Å². The lowest BCUT2D eigenvalue weighted by Gasteiger charge is -2.36. The number of aromatic nitrogens is 2. The summed E-state index contributed by atoms with van der Waals surface area (Å²) in [5, 5.41) is 14.1. The van der Waals surface area contributed by atoms with E-state index in [-0.39, 0.29) is 36.2 Å². The van der Waals surface area contributed by atoms with Crippen molar-refractivity contribution in [1.29, 1.82) is 0 Å². The zero-order valence-corrected chi connectivity index (χ0v) is 20.5. The third-order valence-electron chi connectivity index (χ3n) is 7.09. The van der Waals surface area contributed by atoms with Crippen molar-refractivity contribution in [3.05, 3.63) is 78.0 Å². The topological polar surface area (TPSA) is 70.4 Å². The normalized spacial score (nSPS) is 22.5. The fraction of sp³-hybridized carbons (Fsp3) is 0.407. The summed E-state index contributed by atoms with van der Waals surface area (Å²) in [6.07, 6.45) is 5.62. The molecule has 186 valence electrons. The third kappa shape index (κ3) is 5.42. The number of carbonyl (C=O) groups is 1. The highest BCUT2D eigenvalue weighted by molar-refractivity contribution is 5.98. The molecular formula is C27H32ClFN4O2. The van der Waals surface area contributed by atoms with Gasteiger partial charge in [0, 0.05) is 31.2 Å². The molecule has 8 heteroatoms. The molecule has 1 aliphatic carbocycles. The largest absolute Gasteiger partial charge is 0.391 e. The Labute approximate surface area is 211 Å². The van der Waals surface area contributed by atoms with Crippen molar-refractivity contribution < 1.29 is 14.3 Å². The molecule has 1 aliphatic heterocycles. The summed E-state index contributed by atoms with van der Waals surface area (Å²) in [6.45, 7) is 1.97. The summed E-state index contributed by atoms with van der Waals surface area (Å²) in [6, 6.07) is 16.2. The Balaban J connectivity index is 0.00000289. The zero-order chi connectivity index (χ0) is 23.5. The fourth-order valence-corrected chi connectivity index (χ4v) is 5.31. The van der Waals surface area contributed by atoms with Crippen molar-refractivity contribution >= 4 is 18.3 Å². The molecule has 3 atom stereocenters. The Morgan fingerprint density at radius 2 is 1.83 bits per heavy atom. The highest BCUT2D eigenvalue weighted by atomic mass is 35.5. The average Bonchev–Trinajstić information content (AvgIpc) is 3.31. The minimum absolute atomic E-state index is 0. The molecule has 0 bridgehead atoms. The van der Waals surface area contributed by atoms with E-state index in [0.717, 1.165) is 42.5 Å². The van der Waals surface area contributed by atoms with Crippen LogP contribution in [0.1, 0.15) is 47.8 Å². The highest BCUT2D eigenvalue weighted by Crippen LogP contribution is 2.35. The van der Waals surface area contributed by atoms with Gasteiger partial charge in [0.05, 0.1) is 24.2 Å². The summed E-state index contributed by atoms with van der Waals surface area (Å²) in [5.41, 5.74) is 3.11. The maximum absolute atomic E-state index is 13.9.